The quantitative estimate of drug-likeness (QED) is 0.614. The molecule has 0 fully saturated rings. The van der Waals surface area contributed by atoms with Crippen LogP contribution in [0.3, 0.4) is 0 Å². The Labute approximate surface area is 105 Å². The number of hydrogen-bond donors (Lipinski definition) is 2. The maximum Gasteiger partial charge on any atom is 0.239 e. The molecule has 0 aliphatic rings. The van der Waals surface area contributed by atoms with Crippen molar-refractivity contribution in [2.75, 3.05) is 20.3 Å². The van der Waals surface area contributed by atoms with E-state index in [0.717, 1.165) is 6.42 Å². The third kappa shape index (κ3) is 6.03. The van der Waals surface area contributed by atoms with Crippen LogP contribution in [0, 0.1) is 5.92 Å². The highest BCUT2D eigenvalue weighted by atomic mass is 16.5. The van der Waals surface area contributed by atoms with E-state index in [0.29, 0.717) is 19.1 Å². The normalized spacial score (nSPS) is 16.5. The van der Waals surface area contributed by atoms with E-state index in [4.69, 9.17) is 10.5 Å². The van der Waals surface area contributed by atoms with Crippen LogP contribution in [-0.2, 0) is 9.53 Å². The number of ether oxygens (including phenoxy) is 1. The summed E-state index contributed by atoms with van der Waals surface area (Å²) in [6, 6.07) is 0. The zero-order chi connectivity index (χ0) is 13.3. The lowest BCUT2D eigenvalue weighted by molar-refractivity contribution is -0.126. The first-order valence-electron chi connectivity index (χ1n) is 6.56. The van der Waals surface area contributed by atoms with Crippen LogP contribution in [0.15, 0.2) is 0 Å². The fraction of sp³-hybridized carbons (Fsp3) is 0.923. The van der Waals surface area contributed by atoms with Gasteiger partial charge in [0.05, 0.1) is 6.61 Å². The Morgan fingerprint density at radius 1 is 1.47 bits per heavy atom. The molecule has 1 amide bonds. The minimum absolute atomic E-state index is 0.335. The Bertz CT molecular complexity index is 221. The van der Waals surface area contributed by atoms with E-state index in [-0.39, 0.29) is 5.91 Å². The van der Waals surface area contributed by atoms with Gasteiger partial charge in [-0.05, 0) is 26.3 Å². The molecule has 17 heavy (non-hydrogen) atoms. The molecular formula is C13H28N2O2. The third-order valence-electron chi connectivity index (χ3n) is 3.38. The molecule has 0 heterocycles. The summed E-state index contributed by atoms with van der Waals surface area (Å²) < 4.78 is 5.64. The minimum atomic E-state index is -0.761. The van der Waals surface area contributed by atoms with Gasteiger partial charge in [0, 0.05) is 6.61 Å². The summed E-state index contributed by atoms with van der Waals surface area (Å²) in [5.41, 5.74) is 4.57. The highest BCUT2D eigenvalue weighted by molar-refractivity contribution is 5.84. The Kier molecular flexibility index (Phi) is 8.17. The fourth-order valence-electron chi connectivity index (χ4n) is 1.59. The van der Waals surface area contributed by atoms with Crippen LogP contribution in [-0.4, -0.2) is 31.7 Å². The smallest absolute Gasteiger partial charge is 0.239 e. The van der Waals surface area contributed by atoms with Gasteiger partial charge >= 0.3 is 0 Å². The van der Waals surface area contributed by atoms with Crippen molar-refractivity contribution in [1.82, 2.24) is 5.32 Å². The number of nitrogens with one attached hydrogen (secondary N) is 1. The average Bonchev–Trinajstić information content (AvgIpc) is 2.32. The largest absolute Gasteiger partial charge is 0.379 e. The van der Waals surface area contributed by atoms with Gasteiger partial charge in [-0.25, -0.2) is 0 Å². The molecule has 4 nitrogen and oxygen atoms in total. The zero-order valence-electron chi connectivity index (χ0n) is 11.7. The lowest BCUT2D eigenvalue weighted by Gasteiger charge is -2.26. The summed E-state index contributed by atoms with van der Waals surface area (Å²) in [6.07, 6.45) is 4.76. The number of nitrogens with two attached hydrogens (primary N) is 1. The summed E-state index contributed by atoms with van der Waals surface area (Å²) in [5.74, 6) is 0.213. The number of carbonyl (C=O) groups excluding carboxylic acids is 1. The van der Waals surface area contributed by atoms with Crippen molar-refractivity contribution in [3.8, 4) is 0 Å². The van der Waals surface area contributed by atoms with E-state index in [9.17, 15) is 4.79 Å². The SMILES string of the molecule is CCCCC(CC)COCC(C)(NC)C(N)=O. The summed E-state index contributed by atoms with van der Waals surface area (Å²) in [5, 5.41) is 2.91. The molecule has 0 aliphatic carbocycles. The van der Waals surface area contributed by atoms with Gasteiger partial charge in [-0.15, -0.1) is 0 Å². The second-order valence-electron chi connectivity index (χ2n) is 4.88. The molecule has 0 saturated carbocycles. The summed E-state index contributed by atoms with van der Waals surface area (Å²) >= 11 is 0. The molecular weight excluding hydrogens is 216 g/mol. The van der Waals surface area contributed by atoms with Crippen LogP contribution >= 0.6 is 0 Å². The van der Waals surface area contributed by atoms with Crippen LogP contribution < -0.4 is 11.1 Å². The fourth-order valence-corrected chi connectivity index (χ4v) is 1.59. The van der Waals surface area contributed by atoms with Crippen LogP contribution in [0.2, 0.25) is 0 Å². The minimum Gasteiger partial charge on any atom is -0.379 e. The highest BCUT2D eigenvalue weighted by Gasteiger charge is 2.29. The standard InChI is InChI=1S/C13H28N2O2/c1-5-7-8-11(6-2)9-17-10-13(3,15-4)12(14)16/h11,15H,5-10H2,1-4H3,(H2,14,16). The Morgan fingerprint density at radius 2 is 2.12 bits per heavy atom. The number of rotatable bonds is 10. The maximum absolute atomic E-state index is 11.2. The van der Waals surface area contributed by atoms with Crippen LogP contribution in [0.1, 0.15) is 46.5 Å². The lowest BCUT2D eigenvalue weighted by Crippen LogP contribution is -2.55. The van der Waals surface area contributed by atoms with Crippen molar-refractivity contribution in [1.29, 1.82) is 0 Å². The van der Waals surface area contributed by atoms with Gasteiger partial charge in [0.1, 0.15) is 5.54 Å². The first-order chi connectivity index (χ1) is 8.00. The van der Waals surface area contributed by atoms with E-state index >= 15 is 0 Å². The molecule has 0 bridgehead atoms. The van der Waals surface area contributed by atoms with Crippen LogP contribution in [0.5, 0.6) is 0 Å². The molecule has 0 aliphatic heterocycles. The van der Waals surface area contributed by atoms with Crippen molar-refractivity contribution in [3.05, 3.63) is 0 Å². The lowest BCUT2D eigenvalue weighted by atomic mass is 10.00. The number of carbonyl (C=O) groups is 1. The van der Waals surface area contributed by atoms with Crippen molar-refractivity contribution in [2.24, 2.45) is 11.7 Å². The molecule has 2 atom stereocenters. The number of hydrogen-bond acceptors (Lipinski definition) is 3. The topological polar surface area (TPSA) is 64.3 Å². The second kappa shape index (κ2) is 8.48. The van der Waals surface area contributed by atoms with E-state index < -0.39 is 5.54 Å². The third-order valence-corrected chi connectivity index (χ3v) is 3.38. The summed E-state index contributed by atoms with van der Waals surface area (Å²) in [4.78, 5) is 11.2. The predicted molar refractivity (Wildman–Crippen MR) is 70.8 cm³/mol. The second-order valence-corrected chi connectivity index (χ2v) is 4.88. The molecule has 0 aromatic rings. The molecule has 0 spiro atoms. The Hall–Kier alpha value is -0.610. The molecule has 0 aromatic carbocycles. The summed E-state index contributed by atoms with van der Waals surface area (Å²) in [6.45, 7) is 7.18. The highest BCUT2D eigenvalue weighted by Crippen LogP contribution is 2.14. The first kappa shape index (κ1) is 16.4. The van der Waals surface area contributed by atoms with Crippen molar-refractivity contribution in [3.63, 3.8) is 0 Å². The van der Waals surface area contributed by atoms with Crippen LogP contribution in [0.4, 0.5) is 0 Å². The maximum atomic E-state index is 11.2. The molecule has 102 valence electrons. The van der Waals surface area contributed by atoms with E-state index in [1.165, 1.54) is 19.3 Å². The molecule has 3 N–H and O–H groups in total. The van der Waals surface area contributed by atoms with Gasteiger partial charge in [0.25, 0.3) is 0 Å². The van der Waals surface area contributed by atoms with Gasteiger partial charge < -0.3 is 15.8 Å². The Balaban J connectivity index is 3.97. The molecule has 0 aromatic heterocycles. The number of unbranched alkanes of at least 4 members (excludes halogenated alkanes) is 1. The van der Waals surface area contributed by atoms with E-state index in [2.05, 4.69) is 19.2 Å². The molecule has 4 heteroatoms. The van der Waals surface area contributed by atoms with Gasteiger partial charge in [0.15, 0.2) is 0 Å². The van der Waals surface area contributed by atoms with Gasteiger partial charge in [0.2, 0.25) is 5.91 Å². The van der Waals surface area contributed by atoms with Crippen molar-refractivity contribution < 1.29 is 9.53 Å². The molecule has 0 saturated heterocycles. The van der Waals surface area contributed by atoms with Gasteiger partial charge in [-0.1, -0.05) is 33.1 Å². The molecule has 0 rings (SSSR count). The van der Waals surface area contributed by atoms with Crippen molar-refractivity contribution in [2.45, 2.75) is 52.0 Å². The average molecular weight is 244 g/mol. The number of likely N-dealkylation sites (N-methyl/N-ethyl adjacent to an activating group) is 1. The monoisotopic (exact) mass is 244 g/mol. The van der Waals surface area contributed by atoms with Gasteiger partial charge in [-0.2, -0.15) is 0 Å². The number of primary amides is 1. The van der Waals surface area contributed by atoms with E-state index in [1.807, 2.05) is 0 Å². The number of amides is 1. The summed E-state index contributed by atoms with van der Waals surface area (Å²) in [7, 11) is 1.72. The Morgan fingerprint density at radius 3 is 2.53 bits per heavy atom. The van der Waals surface area contributed by atoms with E-state index in [1.54, 1.807) is 14.0 Å². The van der Waals surface area contributed by atoms with Crippen molar-refractivity contribution >= 4 is 5.91 Å². The predicted octanol–water partition coefficient (Wildman–Crippen LogP) is 1.68. The van der Waals surface area contributed by atoms with Crippen LogP contribution in [0.25, 0.3) is 0 Å². The first-order valence-corrected chi connectivity index (χ1v) is 6.56. The molecule has 2 unspecified atom stereocenters. The zero-order valence-corrected chi connectivity index (χ0v) is 11.7. The molecule has 0 radical (unpaired) electrons. The van der Waals surface area contributed by atoms with Gasteiger partial charge in [-0.3, -0.25) is 4.79 Å².